The molecule has 5 heteroatoms. The number of likely N-dealkylation sites (tertiary alicyclic amines) is 1. The highest BCUT2D eigenvalue weighted by Crippen LogP contribution is 2.27. The number of benzene rings is 1. The van der Waals surface area contributed by atoms with Gasteiger partial charge in [0.25, 0.3) is 0 Å². The van der Waals surface area contributed by atoms with E-state index >= 15 is 0 Å². The molecule has 2 heterocycles. The Labute approximate surface area is 163 Å². The molecule has 0 bridgehead atoms. The molecule has 1 aromatic rings. The fraction of sp³-hybridized carbons (Fsp3) is 0.682. The summed E-state index contributed by atoms with van der Waals surface area (Å²) in [5, 5.41) is 0. The molecule has 3 rings (SSSR count). The SMILES string of the molecule is CCN(CC1CCN(C(=O)CCN)CC1)[C@@H](C)Cc1ccc2c(c1)CCO2. The van der Waals surface area contributed by atoms with Crippen LogP contribution in [0.25, 0.3) is 0 Å². The Hall–Kier alpha value is -1.59. The first-order valence-electron chi connectivity index (χ1n) is 10.6. The lowest BCUT2D eigenvalue weighted by Gasteiger charge is -2.37. The lowest BCUT2D eigenvalue weighted by molar-refractivity contribution is -0.132. The Morgan fingerprint density at radius 3 is 2.85 bits per heavy atom. The third-order valence-electron chi connectivity index (χ3n) is 6.13. The first-order chi connectivity index (χ1) is 13.1. The predicted octanol–water partition coefficient (Wildman–Crippen LogP) is 2.46. The number of hydrogen-bond donors (Lipinski definition) is 1. The number of rotatable bonds is 8. The molecule has 2 aliphatic heterocycles. The van der Waals surface area contributed by atoms with Gasteiger partial charge < -0.3 is 20.3 Å². The third kappa shape index (κ3) is 5.23. The minimum Gasteiger partial charge on any atom is -0.493 e. The van der Waals surface area contributed by atoms with Gasteiger partial charge in [0, 0.05) is 45.1 Å². The van der Waals surface area contributed by atoms with E-state index in [1.807, 2.05) is 4.90 Å². The Balaban J connectivity index is 1.49. The van der Waals surface area contributed by atoms with Crippen LogP contribution in [0.4, 0.5) is 0 Å². The van der Waals surface area contributed by atoms with Crippen LogP contribution in [0.3, 0.4) is 0 Å². The molecule has 0 spiro atoms. The van der Waals surface area contributed by atoms with Gasteiger partial charge in [-0.25, -0.2) is 0 Å². The van der Waals surface area contributed by atoms with E-state index in [9.17, 15) is 4.79 Å². The number of fused-ring (bicyclic) bond motifs is 1. The third-order valence-corrected chi connectivity index (χ3v) is 6.13. The zero-order valence-electron chi connectivity index (χ0n) is 17.0. The Kier molecular flexibility index (Phi) is 7.13. The molecule has 5 nitrogen and oxygen atoms in total. The number of amides is 1. The number of carbonyl (C=O) groups is 1. The van der Waals surface area contributed by atoms with E-state index in [0.29, 0.717) is 24.9 Å². The molecule has 1 aromatic carbocycles. The van der Waals surface area contributed by atoms with Crippen molar-refractivity contribution in [2.75, 3.05) is 39.3 Å². The average molecular weight is 374 g/mol. The predicted molar refractivity (Wildman–Crippen MR) is 109 cm³/mol. The van der Waals surface area contributed by atoms with Gasteiger partial charge in [0.2, 0.25) is 5.91 Å². The minimum atomic E-state index is 0.220. The van der Waals surface area contributed by atoms with Gasteiger partial charge in [-0.1, -0.05) is 19.1 Å². The van der Waals surface area contributed by atoms with Crippen molar-refractivity contribution in [2.24, 2.45) is 11.7 Å². The van der Waals surface area contributed by atoms with Gasteiger partial charge in [0.1, 0.15) is 5.75 Å². The topological polar surface area (TPSA) is 58.8 Å². The molecular weight excluding hydrogens is 338 g/mol. The van der Waals surface area contributed by atoms with Gasteiger partial charge in [-0.2, -0.15) is 0 Å². The van der Waals surface area contributed by atoms with E-state index < -0.39 is 0 Å². The maximum atomic E-state index is 12.0. The van der Waals surface area contributed by atoms with E-state index in [1.165, 1.54) is 11.1 Å². The summed E-state index contributed by atoms with van der Waals surface area (Å²) in [7, 11) is 0. The van der Waals surface area contributed by atoms with Crippen LogP contribution >= 0.6 is 0 Å². The van der Waals surface area contributed by atoms with Gasteiger partial charge in [-0.05, 0) is 55.8 Å². The first-order valence-corrected chi connectivity index (χ1v) is 10.6. The van der Waals surface area contributed by atoms with E-state index in [4.69, 9.17) is 10.5 Å². The van der Waals surface area contributed by atoms with Gasteiger partial charge in [-0.15, -0.1) is 0 Å². The summed E-state index contributed by atoms with van der Waals surface area (Å²) in [6.45, 7) is 9.85. The maximum absolute atomic E-state index is 12.0. The van der Waals surface area contributed by atoms with Crippen molar-refractivity contribution in [2.45, 2.75) is 52.0 Å². The molecule has 0 radical (unpaired) electrons. The second-order valence-corrected chi connectivity index (χ2v) is 8.04. The highest BCUT2D eigenvalue weighted by Gasteiger charge is 2.25. The van der Waals surface area contributed by atoms with E-state index in [2.05, 4.69) is 36.9 Å². The highest BCUT2D eigenvalue weighted by molar-refractivity contribution is 5.76. The molecule has 2 aliphatic rings. The number of likely N-dealkylation sites (N-methyl/N-ethyl adjacent to an activating group) is 1. The monoisotopic (exact) mass is 373 g/mol. The fourth-order valence-corrected chi connectivity index (χ4v) is 4.44. The molecule has 2 N–H and O–H groups in total. The van der Waals surface area contributed by atoms with Crippen LogP contribution in [-0.2, 0) is 17.6 Å². The zero-order valence-corrected chi connectivity index (χ0v) is 17.0. The lowest BCUT2D eigenvalue weighted by atomic mass is 9.94. The minimum absolute atomic E-state index is 0.220. The quantitative estimate of drug-likeness (QED) is 0.760. The van der Waals surface area contributed by atoms with Gasteiger partial charge in [0.15, 0.2) is 0 Å². The van der Waals surface area contributed by atoms with Crippen molar-refractivity contribution in [3.63, 3.8) is 0 Å². The summed E-state index contributed by atoms with van der Waals surface area (Å²) in [6.07, 6.45) is 4.81. The Morgan fingerprint density at radius 2 is 2.15 bits per heavy atom. The Morgan fingerprint density at radius 1 is 1.37 bits per heavy atom. The van der Waals surface area contributed by atoms with Crippen molar-refractivity contribution in [1.82, 2.24) is 9.80 Å². The van der Waals surface area contributed by atoms with E-state index in [0.717, 1.165) is 64.2 Å². The van der Waals surface area contributed by atoms with Crippen LogP contribution in [0.15, 0.2) is 18.2 Å². The fourth-order valence-electron chi connectivity index (χ4n) is 4.44. The van der Waals surface area contributed by atoms with Crippen LogP contribution in [-0.4, -0.2) is 61.1 Å². The van der Waals surface area contributed by atoms with E-state index in [1.54, 1.807) is 0 Å². The smallest absolute Gasteiger partial charge is 0.223 e. The molecule has 1 fully saturated rings. The average Bonchev–Trinajstić information content (AvgIpc) is 3.14. The molecule has 1 amide bonds. The molecule has 0 aromatic heterocycles. The van der Waals surface area contributed by atoms with Crippen molar-refractivity contribution in [1.29, 1.82) is 0 Å². The zero-order chi connectivity index (χ0) is 19.2. The molecule has 150 valence electrons. The Bertz CT molecular complexity index is 626. The number of hydrogen-bond acceptors (Lipinski definition) is 4. The van der Waals surface area contributed by atoms with Crippen molar-refractivity contribution in [3.05, 3.63) is 29.3 Å². The van der Waals surface area contributed by atoms with Gasteiger partial charge in [-0.3, -0.25) is 4.79 Å². The van der Waals surface area contributed by atoms with Crippen LogP contribution in [0, 0.1) is 5.92 Å². The molecule has 1 atom stereocenters. The van der Waals surface area contributed by atoms with Crippen molar-refractivity contribution < 1.29 is 9.53 Å². The molecule has 27 heavy (non-hydrogen) atoms. The summed E-state index contributed by atoms with van der Waals surface area (Å²) >= 11 is 0. The van der Waals surface area contributed by atoms with Crippen molar-refractivity contribution >= 4 is 5.91 Å². The van der Waals surface area contributed by atoms with Crippen molar-refractivity contribution in [3.8, 4) is 5.75 Å². The lowest BCUT2D eigenvalue weighted by Crippen LogP contribution is -2.44. The standard InChI is InChI=1S/C22H35N3O2/c1-3-24(16-18-7-11-25(12-8-18)22(26)6-10-23)17(2)14-19-4-5-21-20(15-19)9-13-27-21/h4-5,15,17-18H,3,6-14,16,23H2,1-2H3/t17-/m0/s1. The van der Waals surface area contributed by atoms with Crippen LogP contribution in [0.2, 0.25) is 0 Å². The van der Waals surface area contributed by atoms with Crippen LogP contribution in [0.5, 0.6) is 5.75 Å². The van der Waals surface area contributed by atoms with Crippen LogP contribution in [0.1, 0.15) is 44.2 Å². The van der Waals surface area contributed by atoms with Gasteiger partial charge >= 0.3 is 0 Å². The number of nitrogens with two attached hydrogens (primary N) is 1. The number of ether oxygens (including phenoxy) is 1. The molecular formula is C22H35N3O2. The molecule has 1 saturated heterocycles. The maximum Gasteiger partial charge on any atom is 0.223 e. The molecule has 0 aliphatic carbocycles. The summed E-state index contributed by atoms with van der Waals surface area (Å²) in [4.78, 5) is 16.6. The summed E-state index contributed by atoms with van der Waals surface area (Å²) in [5.74, 6) is 1.97. The summed E-state index contributed by atoms with van der Waals surface area (Å²) in [5.41, 5.74) is 8.28. The number of carbonyl (C=O) groups excluding carboxylic acids is 1. The first kappa shape index (κ1) is 20.2. The molecule has 0 saturated carbocycles. The normalized spacial score (nSPS) is 18.4. The summed E-state index contributed by atoms with van der Waals surface area (Å²) < 4.78 is 5.62. The van der Waals surface area contributed by atoms with E-state index in [-0.39, 0.29) is 5.91 Å². The summed E-state index contributed by atoms with van der Waals surface area (Å²) in [6, 6.07) is 7.20. The van der Waals surface area contributed by atoms with Crippen LogP contribution < -0.4 is 10.5 Å². The molecule has 0 unspecified atom stereocenters. The highest BCUT2D eigenvalue weighted by atomic mass is 16.5. The number of nitrogens with zero attached hydrogens (tertiary/aromatic N) is 2. The number of piperidine rings is 1. The largest absolute Gasteiger partial charge is 0.493 e. The van der Waals surface area contributed by atoms with Gasteiger partial charge in [0.05, 0.1) is 6.61 Å². The second kappa shape index (κ2) is 9.56. The second-order valence-electron chi connectivity index (χ2n) is 8.04.